The predicted molar refractivity (Wildman–Crippen MR) is 119 cm³/mol. The molecule has 156 valence electrons. The Morgan fingerprint density at radius 1 is 0.767 bits per heavy atom. The molecule has 0 unspecified atom stereocenters. The molecule has 30 heavy (non-hydrogen) atoms. The van der Waals surface area contributed by atoms with Gasteiger partial charge in [0.25, 0.3) is 0 Å². The van der Waals surface area contributed by atoms with E-state index < -0.39 is 0 Å². The number of hydrogen-bond donors (Lipinski definition) is 0. The summed E-state index contributed by atoms with van der Waals surface area (Å²) in [6, 6.07) is 15.8. The van der Waals surface area contributed by atoms with E-state index in [0.29, 0.717) is 35.0 Å². The number of carbonyl (C=O) groups is 1. The molecular formula is C26H28O4. The second kappa shape index (κ2) is 9.04. The van der Waals surface area contributed by atoms with Crippen LogP contribution in [0.25, 0.3) is 0 Å². The molecule has 0 saturated heterocycles. The van der Waals surface area contributed by atoms with Crippen LogP contribution in [-0.2, 0) is 6.61 Å². The zero-order valence-electron chi connectivity index (χ0n) is 18.5. The fourth-order valence-electron chi connectivity index (χ4n) is 3.76. The van der Waals surface area contributed by atoms with E-state index in [1.165, 1.54) is 0 Å². The Labute approximate surface area is 178 Å². The summed E-state index contributed by atoms with van der Waals surface area (Å²) in [5.74, 6) is 1.28. The molecule has 3 aromatic carbocycles. The number of aryl methyl sites for hydroxylation is 4. The van der Waals surface area contributed by atoms with Gasteiger partial charge in [-0.15, -0.1) is 0 Å². The van der Waals surface area contributed by atoms with E-state index in [0.717, 1.165) is 27.8 Å². The highest BCUT2D eigenvalue weighted by Gasteiger charge is 2.26. The first-order valence-electron chi connectivity index (χ1n) is 9.92. The van der Waals surface area contributed by atoms with Crippen molar-refractivity contribution >= 4 is 5.78 Å². The first-order chi connectivity index (χ1) is 14.4. The lowest BCUT2D eigenvalue weighted by atomic mass is 9.91. The summed E-state index contributed by atoms with van der Waals surface area (Å²) in [6.07, 6.45) is 0. The summed E-state index contributed by atoms with van der Waals surface area (Å²) >= 11 is 0. The Balaban J connectivity index is 2.15. The molecule has 0 heterocycles. The lowest BCUT2D eigenvalue weighted by Gasteiger charge is -2.20. The topological polar surface area (TPSA) is 44.8 Å². The van der Waals surface area contributed by atoms with Crippen molar-refractivity contribution in [2.45, 2.75) is 34.3 Å². The van der Waals surface area contributed by atoms with Crippen molar-refractivity contribution < 1.29 is 19.0 Å². The first-order valence-corrected chi connectivity index (χ1v) is 9.92. The van der Waals surface area contributed by atoms with Crippen molar-refractivity contribution in [2.24, 2.45) is 0 Å². The summed E-state index contributed by atoms with van der Waals surface area (Å²) in [5, 5.41) is 0. The van der Waals surface area contributed by atoms with Crippen molar-refractivity contribution in [2.75, 3.05) is 14.2 Å². The summed E-state index contributed by atoms with van der Waals surface area (Å²) in [4.78, 5) is 13.7. The van der Waals surface area contributed by atoms with Crippen LogP contribution in [0.2, 0.25) is 0 Å². The van der Waals surface area contributed by atoms with Crippen LogP contribution < -0.4 is 14.2 Å². The maximum Gasteiger partial charge on any atom is 0.204 e. The smallest absolute Gasteiger partial charge is 0.204 e. The van der Waals surface area contributed by atoms with Gasteiger partial charge in [0.1, 0.15) is 6.61 Å². The third-order valence-electron chi connectivity index (χ3n) is 5.22. The highest BCUT2D eigenvalue weighted by Crippen LogP contribution is 2.43. The van der Waals surface area contributed by atoms with Crippen LogP contribution in [0.4, 0.5) is 0 Å². The minimum Gasteiger partial charge on any atom is -0.493 e. The molecule has 0 radical (unpaired) electrons. The summed E-state index contributed by atoms with van der Waals surface area (Å²) in [7, 11) is 3.13. The third-order valence-corrected chi connectivity index (χ3v) is 5.22. The number of rotatable bonds is 7. The largest absolute Gasteiger partial charge is 0.493 e. The molecule has 0 atom stereocenters. The van der Waals surface area contributed by atoms with E-state index >= 15 is 0 Å². The number of methoxy groups -OCH3 is 2. The fraction of sp³-hybridized carbons (Fsp3) is 0.269. The maximum atomic E-state index is 13.7. The monoisotopic (exact) mass is 404 g/mol. The number of ether oxygens (including phenoxy) is 3. The highest BCUT2D eigenvalue weighted by atomic mass is 16.5. The average Bonchev–Trinajstić information content (AvgIpc) is 2.71. The van der Waals surface area contributed by atoms with Gasteiger partial charge in [0.15, 0.2) is 17.3 Å². The number of hydrogen-bond acceptors (Lipinski definition) is 4. The molecule has 0 bridgehead atoms. The average molecular weight is 405 g/mol. The van der Waals surface area contributed by atoms with Crippen LogP contribution in [0.15, 0.2) is 48.5 Å². The summed E-state index contributed by atoms with van der Waals surface area (Å²) in [5.41, 5.74) is 5.99. The Morgan fingerprint density at radius 3 is 2.03 bits per heavy atom. The lowest BCUT2D eigenvalue weighted by Crippen LogP contribution is -2.12. The molecule has 0 amide bonds. The number of carbonyl (C=O) groups excluding carboxylic acids is 1. The zero-order chi connectivity index (χ0) is 21.8. The van der Waals surface area contributed by atoms with Gasteiger partial charge in [0, 0.05) is 5.56 Å². The van der Waals surface area contributed by atoms with Crippen LogP contribution >= 0.6 is 0 Å². The Morgan fingerprint density at radius 2 is 1.43 bits per heavy atom. The summed E-state index contributed by atoms with van der Waals surface area (Å²) in [6.45, 7) is 8.14. The predicted octanol–water partition coefficient (Wildman–Crippen LogP) is 5.75. The standard InChI is InChI=1S/C26H28O4/c1-16-9-7-12-20(13-16)15-30-26-23(19(4)14-21(28-5)25(26)29-6)24(27)22-17(2)10-8-11-18(22)3/h7-14H,15H2,1-6H3. The van der Waals surface area contributed by atoms with Crippen molar-refractivity contribution in [3.05, 3.63) is 87.5 Å². The molecule has 0 aliphatic heterocycles. The van der Waals surface area contributed by atoms with Crippen LogP contribution in [0.3, 0.4) is 0 Å². The Hall–Kier alpha value is -3.27. The van der Waals surface area contributed by atoms with Gasteiger partial charge in [-0.3, -0.25) is 4.79 Å². The van der Waals surface area contributed by atoms with Crippen LogP contribution in [0.1, 0.15) is 43.7 Å². The van der Waals surface area contributed by atoms with E-state index in [4.69, 9.17) is 14.2 Å². The Bertz CT molecular complexity index is 1060. The van der Waals surface area contributed by atoms with Gasteiger partial charge in [-0.25, -0.2) is 0 Å². The van der Waals surface area contributed by atoms with Crippen LogP contribution in [-0.4, -0.2) is 20.0 Å². The van der Waals surface area contributed by atoms with Crippen molar-refractivity contribution in [3.8, 4) is 17.2 Å². The SMILES string of the molecule is COc1cc(C)c(C(=O)c2c(C)cccc2C)c(OCc2cccc(C)c2)c1OC. The Kier molecular flexibility index (Phi) is 6.46. The molecule has 0 aliphatic rings. The van der Waals surface area contributed by atoms with Crippen LogP contribution in [0, 0.1) is 27.7 Å². The minimum absolute atomic E-state index is 0.0803. The van der Waals surface area contributed by atoms with E-state index in [1.807, 2.05) is 70.2 Å². The molecule has 4 nitrogen and oxygen atoms in total. The van der Waals surface area contributed by atoms with E-state index in [1.54, 1.807) is 14.2 Å². The molecule has 0 aromatic heterocycles. The van der Waals surface area contributed by atoms with Gasteiger partial charge in [-0.05, 0) is 56.0 Å². The van der Waals surface area contributed by atoms with Gasteiger partial charge in [0.05, 0.1) is 19.8 Å². The van der Waals surface area contributed by atoms with Crippen molar-refractivity contribution in [1.82, 2.24) is 0 Å². The molecule has 0 fully saturated rings. The second-order valence-electron chi connectivity index (χ2n) is 7.51. The second-order valence-corrected chi connectivity index (χ2v) is 7.51. The molecule has 3 aromatic rings. The molecule has 0 aliphatic carbocycles. The van der Waals surface area contributed by atoms with E-state index in [2.05, 4.69) is 6.07 Å². The summed E-state index contributed by atoms with van der Waals surface area (Å²) < 4.78 is 17.3. The molecular weight excluding hydrogens is 376 g/mol. The van der Waals surface area contributed by atoms with Crippen molar-refractivity contribution in [3.63, 3.8) is 0 Å². The van der Waals surface area contributed by atoms with Gasteiger partial charge >= 0.3 is 0 Å². The van der Waals surface area contributed by atoms with E-state index in [-0.39, 0.29) is 5.78 Å². The fourth-order valence-corrected chi connectivity index (χ4v) is 3.76. The normalized spacial score (nSPS) is 10.6. The molecule has 0 spiro atoms. The quantitative estimate of drug-likeness (QED) is 0.471. The van der Waals surface area contributed by atoms with E-state index in [9.17, 15) is 4.79 Å². The van der Waals surface area contributed by atoms with Gasteiger partial charge in [-0.1, -0.05) is 48.0 Å². The lowest BCUT2D eigenvalue weighted by molar-refractivity contribution is 0.103. The molecule has 4 heteroatoms. The number of benzene rings is 3. The first kappa shape index (κ1) is 21.4. The number of ketones is 1. The van der Waals surface area contributed by atoms with Crippen molar-refractivity contribution in [1.29, 1.82) is 0 Å². The zero-order valence-corrected chi connectivity index (χ0v) is 18.5. The molecule has 0 saturated carbocycles. The third kappa shape index (κ3) is 4.18. The van der Waals surface area contributed by atoms with Crippen LogP contribution in [0.5, 0.6) is 17.2 Å². The molecule has 3 rings (SSSR count). The van der Waals surface area contributed by atoms with Gasteiger partial charge in [-0.2, -0.15) is 0 Å². The minimum atomic E-state index is -0.0803. The molecule has 0 N–H and O–H groups in total. The van der Waals surface area contributed by atoms with Gasteiger partial charge in [0.2, 0.25) is 5.75 Å². The highest BCUT2D eigenvalue weighted by molar-refractivity contribution is 6.14. The van der Waals surface area contributed by atoms with Gasteiger partial charge < -0.3 is 14.2 Å². The maximum absolute atomic E-state index is 13.7.